The van der Waals surface area contributed by atoms with Crippen LogP contribution in [0.15, 0.2) is 54.6 Å². The van der Waals surface area contributed by atoms with Crippen LogP contribution in [0.2, 0.25) is 0 Å². The molecule has 0 spiro atoms. The number of nitrogens with one attached hydrogen (secondary N) is 3. The standard InChI is InChI=1S/C22H28N4O2/c1-16(2)26-13-12-17(15-26)14-23-22(28)25-20-10-8-18(9-11-20)21(27)24-19-6-4-3-5-7-19/h3-11,16-17H,12-15H2,1-2H3,(H,24,27)(H2,23,25,28). The molecule has 0 saturated carbocycles. The van der Waals surface area contributed by atoms with Gasteiger partial charge in [-0.25, -0.2) is 4.79 Å². The summed E-state index contributed by atoms with van der Waals surface area (Å²) in [5, 5.41) is 8.61. The van der Waals surface area contributed by atoms with Crippen molar-refractivity contribution in [2.75, 3.05) is 30.3 Å². The predicted molar refractivity (Wildman–Crippen MR) is 113 cm³/mol. The third-order valence-electron chi connectivity index (χ3n) is 5.04. The minimum Gasteiger partial charge on any atom is -0.338 e. The smallest absolute Gasteiger partial charge is 0.319 e. The zero-order valence-corrected chi connectivity index (χ0v) is 16.4. The van der Waals surface area contributed by atoms with E-state index in [9.17, 15) is 9.59 Å². The molecule has 28 heavy (non-hydrogen) atoms. The average molecular weight is 380 g/mol. The Kier molecular flexibility index (Phi) is 6.66. The number of nitrogens with zero attached hydrogens (tertiary/aromatic N) is 1. The number of hydrogen-bond donors (Lipinski definition) is 3. The number of hydrogen-bond acceptors (Lipinski definition) is 3. The van der Waals surface area contributed by atoms with Gasteiger partial charge in [-0.1, -0.05) is 18.2 Å². The molecule has 148 valence electrons. The summed E-state index contributed by atoms with van der Waals surface area (Å²) in [6.07, 6.45) is 1.11. The molecule has 6 heteroatoms. The van der Waals surface area contributed by atoms with Gasteiger partial charge in [0.2, 0.25) is 0 Å². The van der Waals surface area contributed by atoms with Crippen molar-refractivity contribution in [1.29, 1.82) is 0 Å². The molecule has 0 aromatic heterocycles. The Bertz CT molecular complexity index is 790. The molecule has 1 heterocycles. The molecule has 0 bridgehead atoms. The van der Waals surface area contributed by atoms with Gasteiger partial charge in [0.25, 0.3) is 5.91 Å². The first kappa shape index (κ1) is 19.9. The van der Waals surface area contributed by atoms with Crippen LogP contribution in [0.4, 0.5) is 16.2 Å². The molecule has 1 aliphatic heterocycles. The molecule has 1 fully saturated rings. The van der Waals surface area contributed by atoms with E-state index in [0.717, 1.165) is 25.2 Å². The zero-order chi connectivity index (χ0) is 19.9. The van der Waals surface area contributed by atoms with Crippen molar-refractivity contribution < 1.29 is 9.59 Å². The fourth-order valence-electron chi connectivity index (χ4n) is 3.34. The Hall–Kier alpha value is -2.86. The van der Waals surface area contributed by atoms with Gasteiger partial charge < -0.3 is 20.9 Å². The fraction of sp³-hybridized carbons (Fsp3) is 0.364. The second-order valence-corrected chi connectivity index (χ2v) is 7.48. The van der Waals surface area contributed by atoms with E-state index in [-0.39, 0.29) is 11.9 Å². The van der Waals surface area contributed by atoms with Gasteiger partial charge in [-0.05, 0) is 69.1 Å². The Balaban J connectivity index is 1.45. The highest BCUT2D eigenvalue weighted by atomic mass is 16.2. The summed E-state index contributed by atoms with van der Waals surface area (Å²) < 4.78 is 0. The van der Waals surface area contributed by atoms with Crippen LogP contribution in [0.5, 0.6) is 0 Å². The monoisotopic (exact) mass is 380 g/mol. The summed E-state index contributed by atoms with van der Waals surface area (Å²) in [7, 11) is 0. The van der Waals surface area contributed by atoms with Crippen LogP contribution >= 0.6 is 0 Å². The second kappa shape index (κ2) is 9.37. The molecule has 6 nitrogen and oxygen atoms in total. The van der Waals surface area contributed by atoms with Crippen LogP contribution in [0.3, 0.4) is 0 Å². The first-order valence-corrected chi connectivity index (χ1v) is 9.76. The molecule has 1 aliphatic rings. The molecule has 3 rings (SSSR count). The number of para-hydroxylation sites is 1. The maximum Gasteiger partial charge on any atom is 0.319 e. The molecule has 0 radical (unpaired) electrons. The summed E-state index contributed by atoms with van der Waals surface area (Å²) in [5.74, 6) is 0.315. The summed E-state index contributed by atoms with van der Waals surface area (Å²) in [4.78, 5) is 26.8. The number of carbonyl (C=O) groups is 2. The van der Waals surface area contributed by atoms with Crippen LogP contribution in [0.25, 0.3) is 0 Å². The van der Waals surface area contributed by atoms with Gasteiger partial charge in [0, 0.05) is 36.1 Å². The van der Waals surface area contributed by atoms with Crippen LogP contribution in [0, 0.1) is 5.92 Å². The van der Waals surface area contributed by atoms with E-state index < -0.39 is 0 Å². The van der Waals surface area contributed by atoms with Crippen molar-refractivity contribution in [1.82, 2.24) is 10.2 Å². The normalized spacial score (nSPS) is 16.8. The lowest BCUT2D eigenvalue weighted by Gasteiger charge is -2.20. The number of benzene rings is 2. The van der Waals surface area contributed by atoms with Crippen molar-refractivity contribution in [2.45, 2.75) is 26.3 Å². The fourth-order valence-corrected chi connectivity index (χ4v) is 3.34. The molecule has 3 N–H and O–H groups in total. The first-order chi connectivity index (χ1) is 13.5. The highest BCUT2D eigenvalue weighted by Gasteiger charge is 2.24. The first-order valence-electron chi connectivity index (χ1n) is 9.76. The van der Waals surface area contributed by atoms with Crippen LogP contribution in [-0.2, 0) is 0 Å². The third kappa shape index (κ3) is 5.57. The number of likely N-dealkylation sites (tertiary alicyclic amines) is 1. The molecule has 1 atom stereocenters. The zero-order valence-electron chi connectivity index (χ0n) is 16.4. The highest BCUT2D eigenvalue weighted by Crippen LogP contribution is 2.18. The Labute approximate surface area is 166 Å². The molecule has 2 aromatic carbocycles. The number of amides is 3. The van der Waals surface area contributed by atoms with E-state index >= 15 is 0 Å². The van der Waals surface area contributed by atoms with E-state index in [4.69, 9.17) is 0 Å². The van der Waals surface area contributed by atoms with Gasteiger partial charge in [0.15, 0.2) is 0 Å². The van der Waals surface area contributed by atoms with Crippen LogP contribution < -0.4 is 16.0 Å². The highest BCUT2D eigenvalue weighted by molar-refractivity contribution is 6.04. The number of urea groups is 1. The molecule has 3 amide bonds. The quantitative estimate of drug-likeness (QED) is 0.714. The van der Waals surface area contributed by atoms with E-state index in [1.54, 1.807) is 24.3 Å². The lowest BCUT2D eigenvalue weighted by atomic mass is 10.1. The van der Waals surface area contributed by atoms with Crippen molar-refractivity contribution >= 4 is 23.3 Å². The van der Waals surface area contributed by atoms with E-state index in [1.165, 1.54) is 0 Å². The third-order valence-corrected chi connectivity index (χ3v) is 5.04. The molecular weight excluding hydrogens is 352 g/mol. The predicted octanol–water partition coefficient (Wildman–Crippen LogP) is 3.79. The lowest BCUT2D eigenvalue weighted by Crippen LogP contribution is -2.35. The van der Waals surface area contributed by atoms with Crippen LogP contribution in [0.1, 0.15) is 30.6 Å². The SMILES string of the molecule is CC(C)N1CCC(CNC(=O)Nc2ccc(C(=O)Nc3ccccc3)cc2)C1. The van der Waals surface area contributed by atoms with E-state index in [0.29, 0.717) is 29.8 Å². The summed E-state index contributed by atoms with van der Waals surface area (Å²) in [6, 6.07) is 16.5. The van der Waals surface area contributed by atoms with Crippen LogP contribution in [-0.4, -0.2) is 42.5 Å². The van der Waals surface area contributed by atoms with Crippen molar-refractivity contribution in [2.24, 2.45) is 5.92 Å². The Morgan fingerprint density at radius 3 is 2.32 bits per heavy atom. The van der Waals surface area contributed by atoms with Crippen molar-refractivity contribution in [3.8, 4) is 0 Å². The molecule has 2 aromatic rings. The number of rotatable bonds is 6. The average Bonchev–Trinajstić information content (AvgIpc) is 3.17. The minimum absolute atomic E-state index is 0.182. The molecule has 0 aliphatic carbocycles. The van der Waals surface area contributed by atoms with Gasteiger partial charge in [0.05, 0.1) is 0 Å². The Morgan fingerprint density at radius 1 is 1.00 bits per heavy atom. The number of carbonyl (C=O) groups excluding carboxylic acids is 2. The Morgan fingerprint density at radius 2 is 1.68 bits per heavy atom. The lowest BCUT2D eigenvalue weighted by molar-refractivity contribution is 0.102. The summed E-state index contributed by atoms with van der Waals surface area (Å²) in [5.41, 5.74) is 1.94. The summed E-state index contributed by atoms with van der Waals surface area (Å²) in [6.45, 7) is 7.20. The van der Waals surface area contributed by atoms with Crippen molar-refractivity contribution in [3.05, 3.63) is 60.2 Å². The van der Waals surface area contributed by atoms with Gasteiger partial charge in [-0.3, -0.25) is 4.79 Å². The molecule has 1 unspecified atom stereocenters. The minimum atomic E-state index is -0.218. The van der Waals surface area contributed by atoms with Gasteiger partial charge >= 0.3 is 6.03 Å². The maximum absolute atomic E-state index is 12.3. The molecule has 1 saturated heterocycles. The maximum atomic E-state index is 12.3. The molecular formula is C22H28N4O2. The topological polar surface area (TPSA) is 73.5 Å². The second-order valence-electron chi connectivity index (χ2n) is 7.48. The van der Waals surface area contributed by atoms with Gasteiger partial charge in [0.1, 0.15) is 0 Å². The van der Waals surface area contributed by atoms with E-state index in [1.807, 2.05) is 30.3 Å². The number of anilines is 2. The van der Waals surface area contributed by atoms with Gasteiger partial charge in [-0.15, -0.1) is 0 Å². The summed E-state index contributed by atoms with van der Waals surface area (Å²) >= 11 is 0. The van der Waals surface area contributed by atoms with E-state index in [2.05, 4.69) is 34.7 Å². The van der Waals surface area contributed by atoms with Crippen molar-refractivity contribution in [3.63, 3.8) is 0 Å². The van der Waals surface area contributed by atoms with Gasteiger partial charge in [-0.2, -0.15) is 0 Å². The largest absolute Gasteiger partial charge is 0.338 e.